The van der Waals surface area contributed by atoms with E-state index in [9.17, 15) is 4.79 Å². The molecule has 1 aliphatic rings. The Kier molecular flexibility index (Phi) is 7.17. The zero-order chi connectivity index (χ0) is 18.0. The molecule has 2 heterocycles. The highest BCUT2D eigenvalue weighted by atomic mass is 35.5. The topological polar surface area (TPSA) is 77.2 Å². The molecule has 7 heteroatoms. The molecule has 1 unspecified atom stereocenters. The Bertz CT molecular complexity index is 748. The van der Waals surface area contributed by atoms with Gasteiger partial charge in [0.1, 0.15) is 11.1 Å². The van der Waals surface area contributed by atoms with Crippen molar-refractivity contribution in [2.24, 2.45) is 5.73 Å². The second-order valence-corrected chi connectivity index (χ2v) is 7.66. The molecule has 1 aliphatic heterocycles. The Balaban J connectivity index is 0.00000243. The minimum absolute atomic E-state index is 0. The van der Waals surface area contributed by atoms with Crippen molar-refractivity contribution in [2.75, 3.05) is 6.54 Å². The monoisotopic (exact) mass is 395 g/mol. The highest BCUT2D eigenvalue weighted by Crippen LogP contribution is 2.32. The molecule has 2 aromatic rings. The first-order chi connectivity index (χ1) is 12.0. The number of hydrogen-bond donors (Lipinski definition) is 2. The summed E-state index contributed by atoms with van der Waals surface area (Å²) in [6, 6.07) is 8.24. The van der Waals surface area contributed by atoms with E-state index in [1.54, 1.807) is 11.3 Å². The molecule has 0 radical (unpaired) electrons. The van der Waals surface area contributed by atoms with Crippen LogP contribution in [0.2, 0.25) is 0 Å². The van der Waals surface area contributed by atoms with Gasteiger partial charge in [0.25, 0.3) is 0 Å². The maximum atomic E-state index is 12.4. The van der Waals surface area contributed by atoms with Gasteiger partial charge in [-0.2, -0.15) is 0 Å². The first-order valence-electron chi connectivity index (χ1n) is 8.68. The molecule has 0 spiro atoms. The van der Waals surface area contributed by atoms with Crippen molar-refractivity contribution in [3.8, 4) is 10.6 Å². The predicted octanol–water partition coefficient (Wildman–Crippen LogP) is 3.53. The van der Waals surface area contributed by atoms with E-state index in [-0.39, 0.29) is 36.6 Å². The van der Waals surface area contributed by atoms with Crippen molar-refractivity contribution in [3.63, 3.8) is 0 Å². The lowest BCUT2D eigenvalue weighted by Gasteiger charge is -2.17. The number of thiazole rings is 1. The summed E-state index contributed by atoms with van der Waals surface area (Å²) in [7, 11) is 0. The largest absolute Gasteiger partial charge is 0.364 e. The Labute approximate surface area is 164 Å². The van der Waals surface area contributed by atoms with Crippen LogP contribution in [-0.2, 0) is 9.53 Å². The van der Waals surface area contributed by atoms with Crippen molar-refractivity contribution in [2.45, 2.75) is 51.9 Å². The molecule has 3 rings (SSSR count). The van der Waals surface area contributed by atoms with E-state index in [0.717, 1.165) is 34.0 Å². The van der Waals surface area contributed by atoms with Crippen molar-refractivity contribution in [1.82, 2.24) is 10.3 Å². The van der Waals surface area contributed by atoms with Crippen LogP contribution in [-0.4, -0.2) is 29.6 Å². The number of carbonyl (C=O) groups excluding carboxylic acids is 1. The van der Waals surface area contributed by atoms with E-state index in [2.05, 4.69) is 41.5 Å². The number of nitrogens with one attached hydrogen (secondary N) is 1. The molecular weight excluding hydrogens is 370 g/mol. The SMILES string of the molecule is Cc1ccc(-c2nc(C)c(C(C)NC(=O)[C@@H]3CC[C@H](CN)O3)s2)cc1.Cl. The number of nitrogens with two attached hydrogens (primary N) is 1. The van der Waals surface area contributed by atoms with E-state index in [1.807, 2.05) is 13.8 Å². The fourth-order valence-electron chi connectivity index (χ4n) is 3.07. The fourth-order valence-corrected chi connectivity index (χ4v) is 4.15. The summed E-state index contributed by atoms with van der Waals surface area (Å²) < 4.78 is 5.68. The molecule has 3 atom stereocenters. The van der Waals surface area contributed by atoms with Crippen LogP contribution >= 0.6 is 23.7 Å². The fraction of sp³-hybridized carbons (Fsp3) is 0.474. The van der Waals surface area contributed by atoms with Crippen LogP contribution in [0.1, 0.15) is 41.9 Å². The average Bonchev–Trinajstić information content (AvgIpc) is 3.22. The average molecular weight is 396 g/mol. The summed E-state index contributed by atoms with van der Waals surface area (Å²) in [6.07, 6.45) is 1.20. The van der Waals surface area contributed by atoms with Crippen molar-refractivity contribution < 1.29 is 9.53 Å². The summed E-state index contributed by atoms with van der Waals surface area (Å²) in [5, 5.41) is 4.04. The van der Waals surface area contributed by atoms with Gasteiger partial charge in [-0.3, -0.25) is 4.79 Å². The summed E-state index contributed by atoms with van der Waals surface area (Å²) in [5.41, 5.74) is 8.90. The quantitative estimate of drug-likeness (QED) is 0.811. The summed E-state index contributed by atoms with van der Waals surface area (Å²) in [6.45, 7) is 6.52. The van der Waals surface area contributed by atoms with Crippen LogP contribution in [0.25, 0.3) is 10.6 Å². The maximum Gasteiger partial charge on any atom is 0.249 e. The lowest BCUT2D eigenvalue weighted by atomic mass is 10.1. The lowest BCUT2D eigenvalue weighted by molar-refractivity contribution is -0.132. The molecule has 1 fully saturated rings. The molecule has 26 heavy (non-hydrogen) atoms. The van der Waals surface area contributed by atoms with E-state index < -0.39 is 0 Å². The van der Waals surface area contributed by atoms with Gasteiger partial charge in [0.05, 0.1) is 22.7 Å². The van der Waals surface area contributed by atoms with Gasteiger partial charge in [0, 0.05) is 12.1 Å². The number of halogens is 1. The second-order valence-electron chi connectivity index (χ2n) is 6.62. The number of hydrogen-bond acceptors (Lipinski definition) is 5. The van der Waals surface area contributed by atoms with Gasteiger partial charge < -0.3 is 15.8 Å². The summed E-state index contributed by atoms with van der Waals surface area (Å²) in [5.74, 6) is -0.0619. The normalized spacial score (nSPS) is 20.5. The molecule has 5 nitrogen and oxygen atoms in total. The lowest BCUT2D eigenvalue weighted by Crippen LogP contribution is -2.36. The van der Waals surface area contributed by atoms with Crippen molar-refractivity contribution in [3.05, 3.63) is 40.4 Å². The van der Waals surface area contributed by atoms with Gasteiger partial charge in [0.2, 0.25) is 5.91 Å². The molecule has 1 saturated heterocycles. The third kappa shape index (κ3) is 4.62. The number of aromatic nitrogens is 1. The van der Waals surface area contributed by atoms with Crippen LogP contribution in [0.4, 0.5) is 0 Å². The van der Waals surface area contributed by atoms with E-state index in [1.165, 1.54) is 5.56 Å². The van der Waals surface area contributed by atoms with Gasteiger partial charge in [-0.05, 0) is 33.6 Å². The van der Waals surface area contributed by atoms with Crippen LogP contribution in [0, 0.1) is 13.8 Å². The van der Waals surface area contributed by atoms with Gasteiger partial charge in [-0.15, -0.1) is 23.7 Å². The Morgan fingerprint density at radius 3 is 2.65 bits per heavy atom. The Hall–Kier alpha value is -1.47. The van der Waals surface area contributed by atoms with Crippen LogP contribution < -0.4 is 11.1 Å². The van der Waals surface area contributed by atoms with Gasteiger partial charge in [0.15, 0.2) is 0 Å². The number of aryl methyl sites for hydroxylation is 2. The van der Waals surface area contributed by atoms with Gasteiger partial charge in [-0.25, -0.2) is 4.98 Å². The Morgan fingerprint density at radius 2 is 2.04 bits per heavy atom. The van der Waals surface area contributed by atoms with Crippen LogP contribution in [0.5, 0.6) is 0 Å². The predicted molar refractivity (Wildman–Crippen MR) is 108 cm³/mol. The molecule has 142 valence electrons. The number of amides is 1. The smallest absolute Gasteiger partial charge is 0.249 e. The zero-order valence-electron chi connectivity index (χ0n) is 15.3. The first-order valence-corrected chi connectivity index (χ1v) is 9.50. The molecular formula is C19H26ClN3O2S. The minimum atomic E-state index is -0.388. The van der Waals surface area contributed by atoms with Crippen molar-refractivity contribution in [1.29, 1.82) is 0 Å². The number of rotatable bonds is 5. The van der Waals surface area contributed by atoms with E-state index >= 15 is 0 Å². The highest BCUT2D eigenvalue weighted by Gasteiger charge is 2.31. The van der Waals surface area contributed by atoms with Crippen LogP contribution in [0.3, 0.4) is 0 Å². The Morgan fingerprint density at radius 1 is 1.35 bits per heavy atom. The van der Waals surface area contributed by atoms with E-state index in [0.29, 0.717) is 6.54 Å². The number of nitrogens with zero attached hydrogens (tertiary/aromatic N) is 1. The third-order valence-electron chi connectivity index (χ3n) is 4.55. The van der Waals surface area contributed by atoms with Crippen LogP contribution in [0.15, 0.2) is 24.3 Å². The first kappa shape index (κ1) is 20.8. The zero-order valence-corrected chi connectivity index (χ0v) is 17.0. The highest BCUT2D eigenvalue weighted by molar-refractivity contribution is 7.15. The van der Waals surface area contributed by atoms with Gasteiger partial charge in [-0.1, -0.05) is 29.8 Å². The van der Waals surface area contributed by atoms with E-state index in [4.69, 9.17) is 10.5 Å². The summed E-state index contributed by atoms with van der Waals surface area (Å²) >= 11 is 1.63. The molecule has 3 N–H and O–H groups in total. The molecule has 1 amide bonds. The third-order valence-corrected chi connectivity index (χ3v) is 5.94. The van der Waals surface area contributed by atoms with Crippen molar-refractivity contribution >= 4 is 29.7 Å². The van der Waals surface area contributed by atoms with Gasteiger partial charge >= 0.3 is 0 Å². The standard InChI is InChI=1S/C19H25N3O2S.ClH/c1-11-4-6-14(7-5-11)19-22-13(3)17(25-19)12(2)21-18(23)16-9-8-15(10-20)24-16;/h4-7,12,15-16H,8-10,20H2,1-3H3,(H,21,23);1H/t12?,15-,16+;/m1./s1. The molecule has 0 saturated carbocycles. The molecule has 1 aromatic heterocycles. The second kappa shape index (κ2) is 8.95. The minimum Gasteiger partial charge on any atom is -0.364 e. The summed E-state index contributed by atoms with van der Waals surface area (Å²) in [4.78, 5) is 18.2. The molecule has 0 aliphatic carbocycles. The maximum absolute atomic E-state index is 12.4. The number of carbonyl (C=O) groups is 1. The number of benzene rings is 1. The molecule has 0 bridgehead atoms. The molecule has 1 aromatic carbocycles. The number of ether oxygens (including phenoxy) is 1.